The molecular formula is C31H38ClN3O5S. The van der Waals surface area contributed by atoms with E-state index in [4.69, 9.17) is 16.3 Å². The zero-order chi connectivity index (χ0) is 30.0. The molecule has 0 saturated carbocycles. The van der Waals surface area contributed by atoms with Crippen LogP contribution in [0.25, 0.3) is 0 Å². The molecule has 1 N–H and O–H groups in total. The maximum atomic E-state index is 14.1. The fourth-order valence-corrected chi connectivity index (χ4v) is 5.25. The van der Waals surface area contributed by atoms with E-state index in [-0.39, 0.29) is 24.9 Å². The first-order valence-electron chi connectivity index (χ1n) is 13.6. The van der Waals surface area contributed by atoms with Gasteiger partial charge in [0.15, 0.2) is 0 Å². The van der Waals surface area contributed by atoms with Crippen LogP contribution in [0.5, 0.6) is 5.75 Å². The summed E-state index contributed by atoms with van der Waals surface area (Å²) in [5, 5.41) is 3.56. The van der Waals surface area contributed by atoms with Crippen LogP contribution < -0.4 is 14.4 Å². The molecule has 0 bridgehead atoms. The van der Waals surface area contributed by atoms with Gasteiger partial charge < -0.3 is 15.0 Å². The van der Waals surface area contributed by atoms with Crippen molar-refractivity contribution in [3.05, 3.63) is 95.0 Å². The van der Waals surface area contributed by atoms with Crippen LogP contribution >= 0.6 is 11.6 Å². The summed E-state index contributed by atoms with van der Waals surface area (Å²) < 4.78 is 32.3. The third-order valence-electron chi connectivity index (χ3n) is 6.65. The van der Waals surface area contributed by atoms with Gasteiger partial charge in [-0.05, 0) is 67.8 Å². The lowest BCUT2D eigenvalue weighted by Crippen LogP contribution is -2.54. The molecule has 3 aromatic rings. The minimum absolute atomic E-state index is 0.0856. The first kappa shape index (κ1) is 32.0. The standard InChI is InChI=1S/C31H38ClN3O5S/c1-5-23(3)33-31(37)29(20-24-10-8-7-9-11-24)34(21-25-12-14-26(32)15-13-25)30(36)22-35(41(4,38)39)27-16-18-28(19-17-27)40-6-2/h7-19,23,29H,5-6,20-22H2,1-4H3,(H,33,37)/t23-,29+/m1/s1. The molecule has 0 spiro atoms. The highest BCUT2D eigenvalue weighted by Crippen LogP contribution is 2.23. The van der Waals surface area contributed by atoms with Crippen LogP contribution in [0.3, 0.4) is 0 Å². The summed E-state index contributed by atoms with van der Waals surface area (Å²) in [5.74, 6) is -0.234. The van der Waals surface area contributed by atoms with Gasteiger partial charge in [0.25, 0.3) is 0 Å². The number of ether oxygens (including phenoxy) is 1. The Hall–Kier alpha value is -3.56. The molecule has 2 atom stereocenters. The van der Waals surface area contributed by atoms with E-state index >= 15 is 0 Å². The largest absolute Gasteiger partial charge is 0.494 e. The van der Waals surface area contributed by atoms with E-state index in [1.54, 1.807) is 48.5 Å². The zero-order valence-electron chi connectivity index (χ0n) is 23.9. The second-order valence-electron chi connectivity index (χ2n) is 9.87. The van der Waals surface area contributed by atoms with E-state index in [0.717, 1.165) is 21.7 Å². The van der Waals surface area contributed by atoms with Crippen molar-refractivity contribution in [2.24, 2.45) is 0 Å². The second-order valence-corrected chi connectivity index (χ2v) is 12.2. The van der Waals surface area contributed by atoms with Crippen LogP contribution in [0.4, 0.5) is 5.69 Å². The number of carbonyl (C=O) groups excluding carboxylic acids is 2. The summed E-state index contributed by atoms with van der Waals surface area (Å²) in [6.45, 7) is 5.79. The Labute approximate surface area is 248 Å². The Bertz CT molecular complexity index is 1380. The summed E-state index contributed by atoms with van der Waals surface area (Å²) >= 11 is 6.10. The molecular weight excluding hydrogens is 562 g/mol. The number of amides is 2. The van der Waals surface area contributed by atoms with Gasteiger partial charge in [-0.15, -0.1) is 0 Å². The molecule has 0 saturated heterocycles. The minimum atomic E-state index is -3.85. The molecule has 41 heavy (non-hydrogen) atoms. The quantitative estimate of drug-likeness (QED) is 0.279. The number of rotatable bonds is 14. The highest BCUT2D eigenvalue weighted by molar-refractivity contribution is 7.92. The highest BCUT2D eigenvalue weighted by atomic mass is 35.5. The van der Waals surface area contributed by atoms with E-state index in [1.807, 2.05) is 51.1 Å². The van der Waals surface area contributed by atoms with Crippen LogP contribution in [0.2, 0.25) is 5.02 Å². The fraction of sp³-hybridized carbons (Fsp3) is 0.355. The second kappa shape index (κ2) is 14.9. The highest BCUT2D eigenvalue weighted by Gasteiger charge is 2.33. The van der Waals surface area contributed by atoms with E-state index in [2.05, 4.69) is 5.32 Å². The SMILES string of the molecule is CCOc1ccc(N(CC(=O)N(Cc2ccc(Cl)cc2)[C@@H](Cc2ccccc2)C(=O)N[C@H](C)CC)S(C)(=O)=O)cc1. The van der Waals surface area contributed by atoms with E-state index < -0.39 is 28.5 Å². The van der Waals surface area contributed by atoms with Gasteiger partial charge in [-0.25, -0.2) is 8.42 Å². The van der Waals surface area contributed by atoms with Crippen molar-refractivity contribution in [3.63, 3.8) is 0 Å². The van der Waals surface area contributed by atoms with Crippen molar-refractivity contribution < 1.29 is 22.7 Å². The van der Waals surface area contributed by atoms with E-state index in [1.165, 1.54) is 4.90 Å². The molecule has 0 aromatic heterocycles. The van der Waals surface area contributed by atoms with Gasteiger partial charge in [-0.1, -0.05) is 61.0 Å². The lowest BCUT2D eigenvalue weighted by molar-refractivity contribution is -0.140. The lowest BCUT2D eigenvalue weighted by Gasteiger charge is -2.34. The normalized spacial score (nSPS) is 12.7. The van der Waals surface area contributed by atoms with Crippen molar-refractivity contribution in [1.82, 2.24) is 10.2 Å². The van der Waals surface area contributed by atoms with E-state index in [9.17, 15) is 18.0 Å². The lowest BCUT2D eigenvalue weighted by atomic mass is 10.0. The van der Waals surface area contributed by atoms with Crippen molar-refractivity contribution >= 4 is 39.1 Å². The molecule has 0 radical (unpaired) electrons. The van der Waals surface area contributed by atoms with Gasteiger partial charge in [0, 0.05) is 24.0 Å². The van der Waals surface area contributed by atoms with Crippen LogP contribution in [0.15, 0.2) is 78.9 Å². The van der Waals surface area contributed by atoms with Crippen LogP contribution in [-0.2, 0) is 32.6 Å². The van der Waals surface area contributed by atoms with Gasteiger partial charge >= 0.3 is 0 Å². The molecule has 8 nitrogen and oxygen atoms in total. The Morgan fingerprint density at radius 1 is 0.927 bits per heavy atom. The third kappa shape index (κ3) is 9.50. The third-order valence-corrected chi connectivity index (χ3v) is 8.05. The molecule has 220 valence electrons. The molecule has 0 unspecified atom stereocenters. The first-order chi connectivity index (χ1) is 19.5. The molecule has 10 heteroatoms. The number of carbonyl (C=O) groups is 2. The summed E-state index contributed by atoms with van der Waals surface area (Å²) in [7, 11) is -3.85. The minimum Gasteiger partial charge on any atom is -0.494 e. The van der Waals surface area contributed by atoms with Crippen molar-refractivity contribution in [3.8, 4) is 5.75 Å². The average molecular weight is 600 g/mol. The van der Waals surface area contributed by atoms with Crippen LogP contribution in [0.1, 0.15) is 38.3 Å². The smallest absolute Gasteiger partial charge is 0.244 e. The molecule has 0 aliphatic heterocycles. The zero-order valence-corrected chi connectivity index (χ0v) is 25.5. The fourth-order valence-electron chi connectivity index (χ4n) is 4.27. The number of anilines is 1. The number of hydrogen-bond donors (Lipinski definition) is 1. The van der Waals surface area contributed by atoms with Crippen molar-refractivity contribution in [2.75, 3.05) is 23.7 Å². The van der Waals surface area contributed by atoms with Crippen LogP contribution in [0, 0.1) is 0 Å². The Morgan fingerprint density at radius 2 is 1.56 bits per heavy atom. The van der Waals surface area contributed by atoms with Crippen molar-refractivity contribution in [1.29, 1.82) is 0 Å². The van der Waals surface area contributed by atoms with Crippen LogP contribution in [-0.4, -0.2) is 56.6 Å². The maximum Gasteiger partial charge on any atom is 0.244 e. The molecule has 0 aliphatic carbocycles. The van der Waals surface area contributed by atoms with Gasteiger partial charge in [0.05, 0.1) is 18.6 Å². The molecule has 3 aromatic carbocycles. The molecule has 0 heterocycles. The average Bonchev–Trinajstić information content (AvgIpc) is 2.95. The monoisotopic (exact) mass is 599 g/mol. The van der Waals surface area contributed by atoms with Gasteiger partial charge in [0.1, 0.15) is 18.3 Å². The number of sulfonamides is 1. The summed E-state index contributed by atoms with van der Waals surface area (Å²) in [6, 6.07) is 22.0. The number of benzene rings is 3. The Morgan fingerprint density at radius 3 is 2.12 bits per heavy atom. The molecule has 0 aliphatic rings. The number of hydrogen-bond acceptors (Lipinski definition) is 5. The van der Waals surface area contributed by atoms with Gasteiger partial charge in [-0.2, -0.15) is 0 Å². The Balaban J connectivity index is 2.03. The first-order valence-corrected chi connectivity index (χ1v) is 15.8. The Kier molecular flexibility index (Phi) is 11.6. The van der Waals surface area contributed by atoms with E-state index in [0.29, 0.717) is 29.5 Å². The predicted molar refractivity (Wildman–Crippen MR) is 164 cm³/mol. The topological polar surface area (TPSA) is 96.0 Å². The number of nitrogens with zero attached hydrogens (tertiary/aromatic N) is 2. The van der Waals surface area contributed by atoms with Crippen molar-refractivity contribution in [2.45, 2.75) is 52.2 Å². The number of halogens is 1. The molecule has 0 fully saturated rings. The van der Waals surface area contributed by atoms with Gasteiger partial charge in [-0.3, -0.25) is 13.9 Å². The molecule has 3 rings (SSSR count). The maximum absolute atomic E-state index is 14.1. The van der Waals surface area contributed by atoms with Gasteiger partial charge in [0.2, 0.25) is 21.8 Å². The number of nitrogens with one attached hydrogen (secondary N) is 1. The summed E-state index contributed by atoms with van der Waals surface area (Å²) in [5.41, 5.74) is 1.95. The molecule has 2 amide bonds. The summed E-state index contributed by atoms with van der Waals surface area (Å²) in [6.07, 6.45) is 2.02. The summed E-state index contributed by atoms with van der Waals surface area (Å²) in [4.78, 5) is 29.2. The predicted octanol–water partition coefficient (Wildman–Crippen LogP) is 5.06.